The molecule has 0 aromatic heterocycles. The van der Waals surface area contributed by atoms with Gasteiger partial charge < -0.3 is 4.57 Å². The van der Waals surface area contributed by atoms with Gasteiger partial charge in [0.2, 0.25) is 0 Å². The van der Waals surface area contributed by atoms with Gasteiger partial charge in [0.15, 0.2) is 0 Å². The van der Waals surface area contributed by atoms with E-state index in [2.05, 4.69) is 0 Å². The Bertz CT molecular complexity index is 114. The fraction of sp³-hybridized carbons (Fsp3) is 0. The normalized spacial score (nSPS) is 17.1. The van der Waals surface area contributed by atoms with E-state index in [1.807, 2.05) is 0 Å². The Labute approximate surface area is 73.3 Å². The molecule has 0 bridgehead atoms. The second-order valence-corrected chi connectivity index (χ2v) is 2.59. The van der Waals surface area contributed by atoms with Crippen LogP contribution in [0.15, 0.2) is 23.8 Å². The molecule has 0 unspecified atom stereocenters. The van der Waals surface area contributed by atoms with Crippen LogP contribution in [0, 0.1) is 0 Å². The first kappa shape index (κ1) is 7.97. The number of hydrogen-bond donors (Lipinski definition) is 0. The Balaban J connectivity index is 0.000000360. The number of rotatable bonds is 0. The van der Waals surface area contributed by atoms with Gasteiger partial charge in [-0.15, -0.1) is 0 Å². The van der Waals surface area contributed by atoms with E-state index in [0.29, 0.717) is 0 Å². The molecule has 0 spiro atoms. The van der Waals surface area contributed by atoms with E-state index >= 15 is 0 Å². The number of allylic oxidation sites excluding steroid dienone is 2. The van der Waals surface area contributed by atoms with Crippen LogP contribution in [0.2, 0.25) is 0 Å². The predicted molar refractivity (Wildman–Crippen MR) is 33.0 cm³/mol. The molecule has 1 nitrogen and oxygen atoms in total. The van der Waals surface area contributed by atoms with Crippen LogP contribution in [0.5, 0.6) is 0 Å². The van der Waals surface area contributed by atoms with Crippen LogP contribution in [-0.2, 0) is 4.57 Å². The fourth-order valence-electron chi connectivity index (χ4n) is 0.356. The summed E-state index contributed by atoms with van der Waals surface area (Å²) in [5.74, 6) is 3.43. The maximum Gasteiger partial charge on any atom is 0.118 e. The van der Waals surface area contributed by atoms with Gasteiger partial charge in [-0.1, -0.05) is 12.2 Å². The number of hydrogen-bond acceptors (Lipinski definition) is 1. The van der Waals surface area contributed by atoms with Gasteiger partial charge >= 0.3 is 0 Å². The Morgan fingerprint density at radius 1 is 1.14 bits per heavy atom. The smallest absolute Gasteiger partial charge is 0.118 e. The summed E-state index contributed by atoms with van der Waals surface area (Å²) in [5, 5.41) is 0. The van der Waals surface area contributed by atoms with Crippen molar-refractivity contribution in [3.8, 4) is 0 Å². The van der Waals surface area contributed by atoms with E-state index in [1.54, 1.807) is 23.8 Å². The van der Waals surface area contributed by atoms with Crippen molar-refractivity contribution in [3.05, 3.63) is 23.8 Å². The van der Waals surface area contributed by atoms with Crippen LogP contribution in [0.3, 0.4) is 0 Å². The van der Waals surface area contributed by atoms with Gasteiger partial charge in [-0.25, -0.2) is 0 Å². The average molecular weight is 140 g/mol. The first-order valence-corrected chi connectivity index (χ1v) is 3.34. The van der Waals surface area contributed by atoms with E-state index < -0.39 is 7.80 Å². The molecule has 2 radical (unpaired) electrons. The van der Waals surface area contributed by atoms with E-state index in [0.717, 1.165) is 0 Å². The van der Waals surface area contributed by atoms with Crippen molar-refractivity contribution in [2.75, 3.05) is 0 Å². The molecule has 1 heterocycles. The molecule has 0 aromatic rings. The van der Waals surface area contributed by atoms with Crippen molar-refractivity contribution >= 4 is 45.5 Å². The van der Waals surface area contributed by atoms with Crippen LogP contribution in [0.1, 0.15) is 0 Å². The van der Waals surface area contributed by atoms with Gasteiger partial charge in [0.25, 0.3) is 0 Å². The molecule has 0 aromatic carbocycles. The van der Waals surface area contributed by atoms with Gasteiger partial charge in [-0.05, 0) is 11.6 Å². The monoisotopic (exact) mass is 140 g/mol. The zero-order chi connectivity index (χ0) is 4.41. The molecule has 1 aliphatic heterocycles. The van der Waals surface area contributed by atoms with Crippen molar-refractivity contribution in [2.24, 2.45) is 0 Å². The minimum Gasteiger partial charge on any atom is -0.318 e. The molecule has 0 fully saturated rings. The molecule has 3 heteroatoms. The summed E-state index contributed by atoms with van der Waals surface area (Å²) in [6.07, 6.45) is 3.61. The predicted octanol–water partition coefficient (Wildman–Crippen LogP) is 1.21. The Morgan fingerprint density at radius 3 is 1.71 bits per heavy atom. The third-order valence-electron chi connectivity index (χ3n) is 0.632. The van der Waals surface area contributed by atoms with Crippen molar-refractivity contribution in [2.45, 2.75) is 0 Å². The van der Waals surface area contributed by atoms with Crippen molar-refractivity contribution in [1.82, 2.24) is 0 Å². The zero-order valence-electron chi connectivity index (χ0n) is 3.92. The minimum atomic E-state index is -1.37. The molecule has 1 aliphatic rings. The summed E-state index contributed by atoms with van der Waals surface area (Å²) < 4.78 is 10.3. The summed E-state index contributed by atoms with van der Waals surface area (Å²) in [4.78, 5) is 0. The maximum absolute atomic E-state index is 10.3. The third-order valence-corrected chi connectivity index (χ3v) is 1.67. The van der Waals surface area contributed by atoms with Crippen LogP contribution < -0.4 is 0 Å². The molecule has 34 valence electrons. The van der Waals surface area contributed by atoms with Crippen LogP contribution in [-0.4, -0.2) is 37.7 Å². The van der Waals surface area contributed by atoms with E-state index in [9.17, 15) is 4.57 Å². The maximum atomic E-state index is 10.3. The van der Waals surface area contributed by atoms with E-state index in [4.69, 9.17) is 0 Å². The fourth-order valence-corrected chi connectivity index (χ4v) is 1.07. The van der Waals surface area contributed by atoms with Crippen molar-refractivity contribution in [3.63, 3.8) is 0 Å². The molecule has 7 heavy (non-hydrogen) atoms. The molecule has 0 aliphatic carbocycles. The summed E-state index contributed by atoms with van der Waals surface area (Å²) in [6.45, 7) is 0. The zero-order valence-corrected chi connectivity index (χ0v) is 7.13. The second-order valence-electron chi connectivity index (χ2n) is 1.12. The summed E-state index contributed by atoms with van der Waals surface area (Å²) in [6, 6.07) is 0. The first-order chi connectivity index (χ1) is 2.89. The average Bonchev–Trinajstić information content (AvgIpc) is 1.86. The molecule has 0 amide bonds. The standard InChI is InChI=1S/C4H5OP.Ca/c5-6-3-1-2-4-6;/h1-4,6H;. The Kier molecular flexibility index (Phi) is 4.45. The molecule has 0 atom stereocenters. The van der Waals surface area contributed by atoms with E-state index in [1.165, 1.54) is 0 Å². The van der Waals surface area contributed by atoms with Gasteiger partial charge in [-0.2, -0.15) is 0 Å². The van der Waals surface area contributed by atoms with Crippen LogP contribution in [0.25, 0.3) is 0 Å². The molecular formula is C4H5CaOP. The van der Waals surface area contributed by atoms with Gasteiger partial charge in [0, 0.05) is 37.7 Å². The minimum absolute atomic E-state index is 0. The van der Waals surface area contributed by atoms with Crippen LogP contribution in [0.4, 0.5) is 0 Å². The van der Waals surface area contributed by atoms with Crippen LogP contribution >= 0.6 is 7.80 Å². The third kappa shape index (κ3) is 2.71. The second kappa shape index (κ2) is 3.91. The van der Waals surface area contributed by atoms with Gasteiger partial charge in [0.05, 0.1) is 0 Å². The van der Waals surface area contributed by atoms with Crippen molar-refractivity contribution < 1.29 is 4.57 Å². The van der Waals surface area contributed by atoms with Gasteiger partial charge in [-0.3, -0.25) is 0 Å². The largest absolute Gasteiger partial charge is 0.318 e. The molecule has 1 rings (SSSR count). The van der Waals surface area contributed by atoms with Crippen molar-refractivity contribution in [1.29, 1.82) is 0 Å². The topological polar surface area (TPSA) is 17.1 Å². The first-order valence-electron chi connectivity index (χ1n) is 1.78. The summed E-state index contributed by atoms with van der Waals surface area (Å²) >= 11 is 0. The Hall–Kier alpha value is 0.970. The van der Waals surface area contributed by atoms with Gasteiger partial charge in [0.1, 0.15) is 7.80 Å². The SMILES string of the molecule is O=[PH]1C=CC=C1.[Ca]. The summed E-state index contributed by atoms with van der Waals surface area (Å²) in [5.41, 5.74) is 0. The van der Waals surface area contributed by atoms with E-state index in [-0.39, 0.29) is 37.7 Å². The molecule has 0 N–H and O–H groups in total. The molecular weight excluding hydrogens is 135 g/mol. The Morgan fingerprint density at radius 2 is 1.57 bits per heavy atom. The molecule has 0 saturated heterocycles. The quantitative estimate of drug-likeness (QED) is 0.365. The summed E-state index contributed by atoms with van der Waals surface area (Å²) in [7, 11) is -1.37. The molecule has 0 saturated carbocycles.